The molecule has 0 aliphatic heterocycles. The molecule has 1 nitrogen and oxygen atoms in total. The predicted octanol–water partition coefficient (Wildman–Crippen LogP) is 3.16. The normalized spacial score (nSPS) is 17.5. The second kappa shape index (κ2) is 4.45. The van der Waals surface area contributed by atoms with Gasteiger partial charge in [0.25, 0.3) is 0 Å². The molecule has 1 fully saturated rings. The molecule has 0 saturated heterocycles. The number of halogens is 3. The van der Waals surface area contributed by atoms with Gasteiger partial charge in [-0.15, -0.1) is 0 Å². The molecule has 16 heavy (non-hydrogen) atoms. The van der Waals surface area contributed by atoms with Crippen molar-refractivity contribution in [1.82, 2.24) is 5.32 Å². The van der Waals surface area contributed by atoms with E-state index in [0.29, 0.717) is 6.54 Å². The molecular formula is C12H14F3N. The van der Waals surface area contributed by atoms with Crippen LogP contribution in [0.15, 0.2) is 12.1 Å². The summed E-state index contributed by atoms with van der Waals surface area (Å²) in [6, 6.07) is 1.15. The van der Waals surface area contributed by atoms with Gasteiger partial charge in [-0.2, -0.15) is 0 Å². The first kappa shape index (κ1) is 11.5. The van der Waals surface area contributed by atoms with Crippen LogP contribution < -0.4 is 5.32 Å². The maximum atomic E-state index is 13.6. The molecule has 0 heterocycles. The van der Waals surface area contributed by atoms with Crippen LogP contribution in [-0.4, -0.2) is 6.54 Å². The van der Waals surface area contributed by atoms with Crippen LogP contribution in [0.5, 0.6) is 0 Å². The van der Waals surface area contributed by atoms with Crippen molar-refractivity contribution >= 4 is 0 Å². The first-order chi connectivity index (χ1) is 7.63. The molecule has 88 valence electrons. The van der Waals surface area contributed by atoms with Gasteiger partial charge in [-0.05, 0) is 25.3 Å². The third-order valence-corrected chi connectivity index (χ3v) is 2.87. The third-order valence-electron chi connectivity index (χ3n) is 2.87. The molecular weight excluding hydrogens is 215 g/mol. The molecule has 1 N–H and O–H groups in total. The van der Waals surface area contributed by atoms with Crippen molar-refractivity contribution in [3.05, 3.63) is 35.1 Å². The molecule has 1 saturated carbocycles. The third kappa shape index (κ3) is 2.21. The average molecular weight is 229 g/mol. The highest BCUT2D eigenvalue weighted by Crippen LogP contribution is 2.42. The van der Waals surface area contributed by atoms with E-state index in [1.54, 1.807) is 0 Å². The quantitative estimate of drug-likeness (QED) is 0.836. The molecule has 4 heteroatoms. The van der Waals surface area contributed by atoms with Gasteiger partial charge in [0.05, 0.1) is 0 Å². The zero-order valence-corrected chi connectivity index (χ0v) is 9.06. The Morgan fingerprint density at radius 3 is 2.25 bits per heavy atom. The van der Waals surface area contributed by atoms with E-state index in [0.717, 1.165) is 25.0 Å². The molecule has 1 atom stereocenters. The molecule has 0 bridgehead atoms. The highest BCUT2D eigenvalue weighted by molar-refractivity contribution is 5.26. The van der Waals surface area contributed by atoms with Gasteiger partial charge < -0.3 is 5.32 Å². The van der Waals surface area contributed by atoms with E-state index in [4.69, 9.17) is 0 Å². The lowest BCUT2D eigenvalue weighted by Crippen LogP contribution is -2.25. The molecule has 1 aromatic rings. The summed E-state index contributed by atoms with van der Waals surface area (Å²) in [5.74, 6) is -2.19. The number of benzene rings is 1. The van der Waals surface area contributed by atoms with Crippen LogP contribution in [0.4, 0.5) is 13.2 Å². The van der Waals surface area contributed by atoms with Gasteiger partial charge in [0.1, 0.15) is 17.5 Å². The van der Waals surface area contributed by atoms with E-state index < -0.39 is 17.5 Å². The zero-order valence-electron chi connectivity index (χ0n) is 9.06. The van der Waals surface area contributed by atoms with E-state index in [1.807, 2.05) is 6.92 Å². The smallest absolute Gasteiger partial charge is 0.133 e. The van der Waals surface area contributed by atoms with Gasteiger partial charge in [-0.3, -0.25) is 0 Å². The Bertz CT molecular complexity index is 365. The molecule has 1 aliphatic carbocycles. The summed E-state index contributed by atoms with van der Waals surface area (Å²) in [7, 11) is 0. The van der Waals surface area contributed by atoms with Gasteiger partial charge in [-0.25, -0.2) is 13.2 Å². The van der Waals surface area contributed by atoms with Crippen LogP contribution in [0, 0.1) is 23.4 Å². The van der Waals surface area contributed by atoms with Crippen LogP contribution in [-0.2, 0) is 0 Å². The second-order valence-corrected chi connectivity index (χ2v) is 4.16. The maximum absolute atomic E-state index is 13.6. The van der Waals surface area contributed by atoms with Crippen LogP contribution in [0.2, 0.25) is 0 Å². The Balaban J connectivity index is 2.36. The second-order valence-electron chi connectivity index (χ2n) is 4.16. The summed E-state index contributed by atoms with van der Waals surface area (Å²) in [5.41, 5.74) is -0.0225. The van der Waals surface area contributed by atoms with Crippen LogP contribution in [0.25, 0.3) is 0 Å². The minimum Gasteiger partial charge on any atom is -0.310 e. The summed E-state index contributed by atoms with van der Waals surface area (Å²) in [6.07, 6.45) is 1.93. The van der Waals surface area contributed by atoms with Crippen LogP contribution >= 0.6 is 0 Å². The van der Waals surface area contributed by atoms with Crippen molar-refractivity contribution in [2.45, 2.75) is 25.8 Å². The number of hydrogen-bond acceptors (Lipinski definition) is 1. The summed E-state index contributed by atoms with van der Waals surface area (Å²) < 4.78 is 39.9. The first-order valence-electron chi connectivity index (χ1n) is 5.51. The van der Waals surface area contributed by atoms with Gasteiger partial charge >= 0.3 is 0 Å². The summed E-state index contributed by atoms with van der Waals surface area (Å²) in [5, 5.41) is 3.06. The van der Waals surface area contributed by atoms with E-state index in [-0.39, 0.29) is 17.5 Å². The highest BCUT2D eigenvalue weighted by Gasteiger charge is 2.35. The molecule has 0 amide bonds. The fourth-order valence-electron chi connectivity index (χ4n) is 2.00. The first-order valence-corrected chi connectivity index (χ1v) is 5.51. The average Bonchev–Trinajstić information content (AvgIpc) is 2.97. The van der Waals surface area contributed by atoms with E-state index in [1.165, 1.54) is 0 Å². The minimum absolute atomic E-state index is 0.0225. The molecule has 0 aromatic heterocycles. The molecule has 1 aliphatic rings. The predicted molar refractivity (Wildman–Crippen MR) is 55.5 cm³/mol. The standard InChI is InChI=1S/C12H14F3N/c1-2-16-12(7-3-4-7)11-9(14)5-8(13)6-10(11)15/h5-7,12,16H,2-4H2,1H3. The fourth-order valence-corrected chi connectivity index (χ4v) is 2.00. The van der Waals surface area contributed by atoms with Crippen LogP contribution in [0.1, 0.15) is 31.4 Å². The monoisotopic (exact) mass is 229 g/mol. The molecule has 1 aromatic carbocycles. The van der Waals surface area contributed by atoms with Crippen molar-refractivity contribution < 1.29 is 13.2 Å². The number of nitrogens with one attached hydrogen (secondary N) is 1. The van der Waals surface area contributed by atoms with Crippen molar-refractivity contribution in [1.29, 1.82) is 0 Å². The summed E-state index contributed by atoms with van der Waals surface area (Å²) >= 11 is 0. The Morgan fingerprint density at radius 2 is 1.81 bits per heavy atom. The van der Waals surface area contributed by atoms with Gasteiger partial charge in [0.2, 0.25) is 0 Å². The Morgan fingerprint density at radius 1 is 1.25 bits per heavy atom. The summed E-state index contributed by atoms with van der Waals surface area (Å²) in [6.45, 7) is 2.52. The Kier molecular flexibility index (Phi) is 3.19. The van der Waals surface area contributed by atoms with Crippen molar-refractivity contribution in [2.24, 2.45) is 5.92 Å². The lowest BCUT2D eigenvalue weighted by atomic mass is 10.0. The highest BCUT2D eigenvalue weighted by atomic mass is 19.1. The van der Waals surface area contributed by atoms with E-state index >= 15 is 0 Å². The largest absolute Gasteiger partial charge is 0.310 e. The Hall–Kier alpha value is -1.03. The Labute approximate surface area is 92.7 Å². The molecule has 0 radical (unpaired) electrons. The number of rotatable bonds is 4. The topological polar surface area (TPSA) is 12.0 Å². The van der Waals surface area contributed by atoms with Gasteiger partial charge in [0, 0.05) is 23.7 Å². The van der Waals surface area contributed by atoms with Crippen molar-refractivity contribution in [2.75, 3.05) is 6.54 Å². The SMILES string of the molecule is CCNC(c1c(F)cc(F)cc1F)C1CC1. The van der Waals surface area contributed by atoms with Gasteiger partial charge in [0.15, 0.2) is 0 Å². The van der Waals surface area contributed by atoms with Crippen molar-refractivity contribution in [3.8, 4) is 0 Å². The number of hydrogen-bond donors (Lipinski definition) is 1. The van der Waals surface area contributed by atoms with Crippen molar-refractivity contribution in [3.63, 3.8) is 0 Å². The van der Waals surface area contributed by atoms with E-state index in [2.05, 4.69) is 5.32 Å². The maximum Gasteiger partial charge on any atom is 0.133 e. The molecule has 0 spiro atoms. The van der Waals surface area contributed by atoms with E-state index in [9.17, 15) is 13.2 Å². The lowest BCUT2D eigenvalue weighted by molar-refractivity contribution is 0.433. The van der Waals surface area contributed by atoms with Gasteiger partial charge in [-0.1, -0.05) is 6.92 Å². The van der Waals surface area contributed by atoms with Crippen LogP contribution in [0.3, 0.4) is 0 Å². The zero-order chi connectivity index (χ0) is 11.7. The fraction of sp³-hybridized carbons (Fsp3) is 0.500. The molecule has 2 rings (SSSR count). The summed E-state index contributed by atoms with van der Waals surface area (Å²) in [4.78, 5) is 0. The minimum atomic E-state index is -0.871. The molecule has 1 unspecified atom stereocenters. The lowest BCUT2D eigenvalue weighted by Gasteiger charge is -2.19.